The van der Waals surface area contributed by atoms with E-state index < -0.39 is 24.3 Å². The summed E-state index contributed by atoms with van der Waals surface area (Å²) < 4.78 is 43.5. The maximum Gasteiger partial charge on any atom is 0.407 e. The normalized spacial score (nSPS) is 16.9. The number of carbonyl (C=O) groups is 4. The molecule has 4 aromatic rings. The summed E-state index contributed by atoms with van der Waals surface area (Å²) >= 11 is 0. The average Bonchev–Trinajstić information content (AvgIpc) is 4.16. The maximum atomic E-state index is 13.7. The van der Waals surface area contributed by atoms with Crippen molar-refractivity contribution in [2.24, 2.45) is 0 Å². The number of ether oxygens (including phenoxy) is 8. The van der Waals surface area contributed by atoms with E-state index in [1.807, 2.05) is 36.4 Å². The van der Waals surface area contributed by atoms with Crippen LogP contribution in [0.15, 0.2) is 48.8 Å². The monoisotopic (exact) mass is 890 g/mol. The standard InChI is InChI=1S/C44H58N8O12/c1-57-19-21-63-37-29(27-11-13-28(14-12-27)31-23-45-39(47-31)35-9-7-17-51(35)41(53)33(25-59-3)49-43(55)61-5)15-16-30(38(37)64-22-20-58-2)32-24-46-40(48-32)36-10-8-18-52(36)42(54)34(26-60-4)50-44(56)62-6/h11-16,23-24,33-36H,7-10,17-22,25-26H2,1-6H3,(H,45,47)(H,46,48)(H,49,55)(H,50,56). The van der Waals surface area contributed by atoms with Gasteiger partial charge in [-0.15, -0.1) is 0 Å². The first kappa shape index (κ1) is 47.3. The first-order valence-corrected chi connectivity index (χ1v) is 21.0. The lowest BCUT2D eigenvalue weighted by atomic mass is 9.98. The van der Waals surface area contributed by atoms with E-state index in [0.717, 1.165) is 35.2 Å². The molecule has 20 heteroatoms. The fourth-order valence-corrected chi connectivity index (χ4v) is 7.98. The van der Waals surface area contributed by atoms with Gasteiger partial charge in [-0.25, -0.2) is 19.6 Å². The molecule has 2 aromatic heterocycles. The molecule has 0 spiro atoms. The lowest BCUT2D eigenvalue weighted by Gasteiger charge is -2.27. The third-order valence-corrected chi connectivity index (χ3v) is 11.1. The highest BCUT2D eigenvalue weighted by molar-refractivity contribution is 5.87. The van der Waals surface area contributed by atoms with Crippen molar-refractivity contribution in [3.05, 3.63) is 60.4 Å². The van der Waals surface area contributed by atoms with Crippen LogP contribution in [0.4, 0.5) is 9.59 Å². The van der Waals surface area contributed by atoms with Crippen LogP contribution in [0.5, 0.6) is 11.5 Å². The second-order valence-electron chi connectivity index (χ2n) is 15.1. The molecular formula is C44H58N8O12. The molecule has 6 rings (SSSR count). The van der Waals surface area contributed by atoms with Gasteiger partial charge in [0.1, 0.15) is 36.9 Å². The number of nitrogens with zero attached hydrogens (tertiary/aromatic N) is 4. The number of alkyl carbamates (subject to hydrolysis) is 2. The summed E-state index contributed by atoms with van der Waals surface area (Å²) in [6.07, 6.45) is 4.90. The summed E-state index contributed by atoms with van der Waals surface area (Å²) in [5, 5.41) is 5.15. The van der Waals surface area contributed by atoms with E-state index in [1.54, 1.807) is 36.4 Å². The summed E-state index contributed by atoms with van der Waals surface area (Å²) in [5.74, 6) is 1.60. The molecule has 4 amide bonds. The number of amides is 4. The molecule has 4 unspecified atom stereocenters. The van der Waals surface area contributed by atoms with Crippen molar-refractivity contribution in [3.8, 4) is 45.1 Å². The van der Waals surface area contributed by atoms with E-state index in [0.29, 0.717) is 73.6 Å². The van der Waals surface area contributed by atoms with Crippen molar-refractivity contribution >= 4 is 24.0 Å². The van der Waals surface area contributed by atoms with E-state index in [-0.39, 0.29) is 50.3 Å². The van der Waals surface area contributed by atoms with Gasteiger partial charge in [0.05, 0.1) is 76.5 Å². The zero-order valence-electron chi connectivity index (χ0n) is 37.1. The Kier molecular flexibility index (Phi) is 16.9. The zero-order chi connectivity index (χ0) is 45.6. The summed E-state index contributed by atoms with van der Waals surface area (Å²) in [6, 6.07) is 9.30. The Bertz CT molecular complexity index is 2180. The first-order chi connectivity index (χ1) is 31.1. The number of imidazole rings is 2. The lowest BCUT2D eigenvalue weighted by Crippen LogP contribution is -2.50. The fraction of sp³-hybridized carbons (Fsp3) is 0.500. The van der Waals surface area contributed by atoms with Crippen LogP contribution in [0.2, 0.25) is 0 Å². The highest BCUT2D eigenvalue weighted by atomic mass is 16.6. The van der Waals surface area contributed by atoms with Gasteiger partial charge < -0.3 is 68.3 Å². The molecule has 4 heterocycles. The Balaban J connectivity index is 1.27. The number of methoxy groups -OCH3 is 6. The van der Waals surface area contributed by atoms with Gasteiger partial charge in [-0.1, -0.05) is 24.3 Å². The second kappa shape index (κ2) is 22.9. The predicted octanol–water partition coefficient (Wildman–Crippen LogP) is 4.25. The van der Waals surface area contributed by atoms with Crippen LogP contribution in [-0.2, 0) is 38.0 Å². The minimum atomic E-state index is -0.933. The predicted molar refractivity (Wildman–Crippen MR) is 232 cm³/mol. The number of carbonyl (C=O) groups excluding carboxylic acids is 4. The first-order valence-electron chi connectivity index (χ1n) is 21.0. The number of nitrogens with one attached hydrogen (secondary N) is 4. The Hall–Kier alpha value is -6.22. The number of likely N-dealkylation sites (tertiary alicyclic amines) is 2. The second-order valence-corrected chi connectivity index (χ2v) is 15.1. The molecule has 20 nitrogen and oxygen atoms in total. The molecule has 346 valence electrons. The summed E-state index contributed by atoms with van der Waals surface area (Å²) in [4.78, 5) is 70.9. The van der Waals surface area contributed by atoms with Gasteiger partial charge in [-0.2, -0.15) is 0 Å². The van der Waals surface area contributed by atoms with E-state index in [9.17, 15) is 19.2 Å². The lowest BCUT2D eigenvalue weighted by molar-refractivity contribution is -0.136. The third kappa shape index (κ3) is 11.1. The van der Waals surface area contributed by atoms with Crippen molar-refractivity contribution in [2.75, 3.05) is 95.4 Å². The van der Waals surface area contributed by atoms with Crippen molar-refractivity contribution in [1.29, 1.82) is 0 Å². The summed E-state index contributed by atoms with van der Waals surface area (Å²) in [5.41, 5.74) is 4.59. The number of aromatic amines is 2. The molecule has 0 aliphatic carbocycles. The minimum Gasteiger partial charge on any atom is -0.487 e. The molecule has 2 saturated heterocycles. The molecule has 2 aromatic carbocycles. The van der Waals surface area contributed by atoms with Crippen LogP contribution in [0, 0.1) is 0 Å². The topological polar surface area (TPSA) is 230 Å². The van der Waals surface area contributed by atoms with Crippen LogP contribution in [-0.4, -0.2) is 161 Å². The number of benzene rings is 2. The van der Waals surface area contributed by atoms with Crippen LogP contribution in [0.1, 0.15) is 49.4 Å². The van der Waals surface area contributed by atoms with Gasteiger partial charge in [0.25, 0.3) is 0 Å². The molecule has 0 bridgehead atoms. The molecule has 64 heavy (non-hydrogen) atoms. The molecule has 0 saturated carbocycles. The SMILES string of the molecule is COCCOc1c(-c2ccc(-c3cnc(C4CCCN4C(=O)C(COC)NC(=O)OC)[nH]3)cc2)ccc(-c2cnc(C3CCCN3C(=O)C(COC)NC(=O)OC)[nH]2)c1OCCOC. The zero-order valence-corrected chi connectivity index (χ0v) is 37.1. The largest absolute Gasteiger partial charge is 0.487 e. The molecule has 2 aliphatic rings. The van der Waals surface area contributed by atoms with E-state index in [1.165, 1.54) is 28.4 Å². The molecular weight excluding hydrogens is 833 g/mol. The molecule has 0 radical (unpaired) electrons. The number of hydrogen-bond acceptors (Lipinski definition) is 14. The van der Waals surface area contributed by atoms with Gasteiger partial charge >= 0.3 is 12.2 Å². The number of aromatic nitrogens is 4. The quantitative estimate of drug-likeness (QED) is 0.0858. The van der Waals surface area contributed by atoms with Crippen molar-refractivity contribution in [3.63, 3.8) is 0 Å². The van der Waals surface area contributed by atoms with Crippen molar-refractivity contribution in [1.82, 2.24) is 40.4 Å². The number of rotatable bonds is 21. The molecule has 4 N–H and O–H groups in total. The van der Waals surface area contributed by atoms with Crippen molar-refractivity contribution < 1.29 is 57.1 Å². The van der Waals surface area contributed by atoms with Crippen LogP contribution < -0.4 is 20.1 Å². The Morgan fingerprint density at radius 3 is 1.55 bits per heavy atom. The average molecular weight is 891 g/mol. The van der Waals surface area contributed by atoms with Gasteiger partial charge in [-0.3, -0.25) is 9.59 Å². The Labute approximate surface area is 371 Å². The third-order valence-electron chi connectivity index (χ3n) is 11.1. The maximum absolute atomic E-state index is 13.7. The highest BCUT2D eigenvalue weighted by Crippen LogP contribution is 2.46. The molecule has 4 atom stereocenters. The van der Waals surface area contributed by atoms with E-state index in [2.05, 4.69) is 25.6 Å². The Morgan fingerprint density at radius 2 is 1.06 bits per heavy atom. The van der Waals surface area contributed by atoms with Gasteiger partial charge in [0.2, 0.25) is 11.8 Å². The number of H-pyrrole nitrogens is 2. The number of hydrogen-bond donors (Lipinski definition) is 4. The van der Waals surface area contributed by atoms with Gasteiger partial charge in [0.15, 0.2) is 11.5 Å². The van der Waals surface area contributed by atoms with Crippen LogP contribution in [0.3, 0.4) is 0 Å². The smallest absolute Gasteiger partial charge is 0.407 e. The van der Waals surface area contributed by atoms with E-state index in [4.69, 9.17) is 42.9 Å². The van der Waals surface area contributed by atoms with E-state index >= 15 is 0 Å². The van der Waals surface area contributed by atoms with Crippen LogP contribution >= 0.6 is 0 Å². The summed E-state index contributed by atoms with van der Waals surface area (Å²) in [6.45, 7) is 2.09. The molecule has 2 aliphatic heterocycles. The van der Waals surface area contributed by atoms with Crippen molar-refractivity contribution in [2.45, 2.75) is 49.9 Å². The van der Waals surface area contributed by atoms with Gasteiger partial charge in [0, 0.05) is 52.7 Å². The van der Waals surface area contributed by atoms with Crippen LogP contribution in [0.25, 0.3) is 33.6 Å². The highest BCUT2D eigenvalue weighted by Gasteiger charge is 2.38. The Morgan fingerprint density at radius 1 is 0.609 bits per heavy atom. The minimum absolute atomic E-state index is 0.00144. The fourth-order valence-electron chi connectivity index (χ4n) is 7.98. The van der Waals surface area contributed by atoms with Gasteiger partial charge in [-0.05, 0) is 48.9 Å². The molecule has 2 fully saturated rings. The summed E-state index contributed by atoms with van der Waals surface area (Å²) in [7, 11) is 8.61.